The largest absolute Gasteiger partial charge is 0.497 e. The lowest BCUT2D eigenvalue weighted by atomic mass is 10.2. The zero-order valence-electron chi connectivity index (χ0n) is 12.5. The van der Waals surface area contributed by atoms with Crippen LogP contribution in [0.1, 0.15) is 18.9 Å². The van der Waals surface area contributed by atoms with Gasteiger partial charge in [-0.15, -0.1) is 0 Å². The van der Waals surface area contributed by atoms with Gasteiger partial charge in [0.2, 0.25) is 0 Å². The number of hydrogen-bond donors (Lipinski definition) is 1. The van der Waals surface area contributed by atoms with Crippen molar-refractivity contribution in [1.82, 2.24) is 0 Å². The van der Waals surface area contributed by atoms with Crippen molar-refractivity contribution < 1.29 is 14.2 Å². The SMILES string of the molecule is CCCOc1ccccc1Oc1cc(OC)ccc1CN. The quantitative estimate of drug-likeness (QED) is 0.843. The van der Waals surface area contributed by atoms with Crippen LogP contribution in [-0.4, -0.2) is 13.7 Å². The summed E-state index contributed by atoms with van der Waals surface area (Å²) in [7, 11) is 1.62. The van der Waals surface area contributed by atoms with E-state index < -0.39 is 0 Å². The number of nitrogens with two attached hydrogens (primary N) is 1. The second-order valence-corrected chi connectivity index (χ2v) is 4.58. The van der Waals surface area contributed by atoms with Crippen molar-refractivity contribution in [2.45, 2.75) is 19.9 Å². The Labute approximate surface area is 125 Å². The van der Waals surface area contributed by atoms with Crippen LogP contribution < -0.4 is 19.9 Å². The summed E-state index contributed by atoms with van der Waals surface area (Å²) < 4.78 is 16.9. The lowest BCUT2D eigenvalue weighted by Gasteiger charge is -2.15. The highest BCUT2D eigenvalue weighted by atomic mass is 16.5. The van der Waals surface area contributed by atoms with Crippen LogP contribution in [0, 0.1) is 0 Å². The number of hydrogen-bond acceptors (Lipinski definition) is 4. The zero-order chi connectivity index (χ0) is 15.1. The molecular formula is C17H21NO3. The highest BCUT2D eigenvalue weighted by molar-refractivity contribution is 5.47. The monoisotopic (exact) mass is 287 g/mol. The van der Waals surface area contributed by atoms with Gasteiger partial charge in [0.25, 0.3) is 0 Å². The molecular weight excluding hydrogens is 266 g/mol. The van der Waals surface area contributed by atoms with E-state index in [1.165, 1.54) is 0 Å². The topological polar surface area (TPSA) is 53.7 Å². The van der Waals surface area contributed by atoms with Crippen molar-refractivity contribution in [3.8, 4) is 23.0 Å². The highest BCUT2D eigenvalue weighted by Crippen LogP contribution is 2.34. The number of rotatable bonds is 7. The Morgan fingerprint density at radius 1 is 1.00 bits per heavy atom. The molecule has 0 aliphatic rings. The predicted molar refractivity (Wildman–Crippen MR) is 83.2 cm³/mol. The molecule has 0 amide bonds. The molecule has 2 rings (SSSR count). The molecule has 2 N–H and O–H groups in total. The van der Waals surface area contributed by atoms with Crippen molar-refractivity contribution in [3.05, 3.63) is 48.0 Å². The van der Waals surface area contributed by atoms with Gasteiger partial charge < -0.3 is 19.9 Å². The average molecular weight is 287 g/mol. The third-order valence-corrected chi connectivity index (χ3v) is 3.03. The van der Waals surface area contributed by atoms with Gasteiger partial charge in [0.15, 0.2) is 11.5 Å². The van der Waals surface area contributed by atoms with Gasteiger partial charge in [0.05, 0.1) is 13.7 Å². The summed E-state index contributed by atoms with van der Waals surface area (Å²) in [5, 5.41) is 0. The Morgan fingerprint density at radius 3 is 2.43 bits per heavy atom. The fraction of sp³-hybridized carbons (Fsp3) is 0.294. The van der Waals surface area contributed by atoms with Crippen molar-refractivity contribution >= 4 is 0 Å². The fourth-order valence-electron chi connectivity index (χ4n) is 1.91. The van der Waals surface area contributed by atoms with Gasteiger partial charge in [-0.2, -0.15) is 0 Å². The van der Waals surface area contributed by atoms with E-state index >= 15 is 0 Å². The second kappa shape index (κ2) is 7.55. The van der Waals surface area contributed by atoms with Crippen LogP contribution in [0.2, 0.25) is 0 Å². The Bertz CT molecular complexity index is 584. The second-order valence-electron chi connectivity index (χ2n) is 4.58. The van der Waals surface area contributed by atoms with Crippen LogP contribution in [0.5, 0.6) is 23.0 Å². The summed E-state index contributed by atoms with van der Waals surface area (Å²) in [6, 6.07) is 13.2. The number of methoxy groups -OCH3 is 1. The highest BCUT2D eigenvalue weighted by Gasteiger charge is 2.10. The lowest BCUT2D eigenvalue weighted by molar-refractivity contribution is 0.301. The van der Waals surface area contributed by atoms with Crippen LogP contribution in [0.15, 0.2) is 42.5 Å². The van der Waals surface area contributed by atoms with E-state index in [1.54, 1.807) is 7.11 Å². The van der Waals surface area contributed by atoms with Gasteiger partial charge >= 0.3 is 0 Å². The zero-order valence-corrected chi connectivity index (χ0v) is 12.5. The van der Waals surface area contributed by atoms with E-state index in [1.807, 2.05) is 42.5 Å². The molecule has 21 heavy (non-hydrogen) atoms. The van der Waals surface area contributed by atoms with Crippen molar-refractivity contribution in [3.63, 3.8) is 0 Å². The maximum absolute atomic E-state index is 5.99. The molecule has 2 aromatic carbocycles. The summed E-state index contributed by atoms with van der Waals surface area (Å²) >= 11 is 0. The first-order valence-electron chi connectivity index (χ1n) is 7.05. The Morgan fingerprint density at radius 2 is 1.76 bits per heavy atom. The van der Waals surface area contributed by atoms with E-state index in [9.17, 15) is 0 Å². The van der Waals surface area contributed by atoms with Crippen LogP contribution in [0.25, 0.3) is 0 Å². The van der Waals surface area contributed by atoms with E-state index in [-0.39, 0.29) is 0 Å². The molecule has 0 spiro atoms. The minimum absolute atomic E-state index is 0.400. The maximum atomic E-state index is 5.99. The lowest BCUT2D eigenvalue weighted by Crippen LogP contribution is -2.01. The predicted octanol–water partition coefficient (Wildman–Crippen LogP) is 3.74. The molecule has 0 aliphatic heterocycles. The van der Waals surface area contributed by atoms with Crippen molar-refractivity contribution in [1.29, 1.82) is 0 Å². The molecule has 0 aromatic heterocycles. The molecule has 0 radical (unpaired) electrons. The molecule has 0 saturated carbocycles. The minimum atomic E-state index is 0.400. The van der Waals surface area contributed by atoms with E-state index in [2.05, 4.69) is 6.92 Å². The summed E-state index contributed by atoms with van der Waals surface area (Å²) in [4.78, 5) is 0. The summed E-state index contributed by atoms with van der Waals surface area (Å²) in [6.45, 7) is 3.12. The van der Waals surface area contributed by atoms with E-state index in [0.29, 0.717) is 24.7 Å². The first-order valence-corrected chi connectivity index (χ1v) is 7.05. The minimum Gasteiger partial charge on any atom is -0.497 e. The van der Waals surface area contributed by atoms with E-state index in [4.69, 9.17) is 19.9 Å². The van der Waals surface area contributed by atoms with Gasteiger partial charge in [-0.3, -0.25) is 0 Å². The molecule has 112 valence electrons. The average Bonchev–Trinajstić information content (AvgIpc) is 2.54. The fourth-order valence-corrected chi connectivity index (χ4v) is 1.91. The molecule has 0 atom stereocenters. The summed E-state index contributed by atoms with van der Waals surface area (Å²) in [6.07, 6.45) is 0.946. The Hall–Kier alpha value is -2.20. The van der Waals surface area contributed by atoms with Crippen LogP contribution in [-0.2, 0) is 6.54 Å². The molecule has 0 aliphatic carbocycles. The first kappa shape index (κ1) is 15.2. The molecule has 0 saturated heterocycles. The number of para-hydroxylation sites is 2. The smallest absolute Gasteiger partial charge is 0.169 e. The number of benzene rings is 2. The van der Waals surface area contributed by atoms with E-state index in [0.717, 1.165) is 23.5 Å². The number of ether oxygens (including phenoxy) is 3. The van der Waals surface area contributed by atoms with Gasteiger partial charge in [0.1, 0.15) is 11.5 Å². The molecule has 4 heteroatoms. The van der Waals surface area contributed by atoms with Crippen LogP contribution >= 0.6 is 0 Å². The standard InChI is InChI=1S/C17H21NO3/c1-3-10-20-15-6-4-5-7-16(15)21-17-11-14(19-2)9-8-13(17)12-18/h4-9,11H,3,10,12,18H2,1-2H3. The molecule has 0 fully saturated rings. The summed E-state index contributed by atoms with van der Waals surface area (Å²) in [5.41, 5.74) is 6.68. The molecule has 4 nitrogen and oxygen atoms in total. The van der Waals surface area contributed by atoms with Gasteiger partial charge in [-0.05, 0) is 24.6 Å². The molecule has 2 aromatic rings. The van der Waals surface area contributed by atoms with Gasteiger partial charge in [-0.1, -0.05) is 25.1 Å². The Kier molecular flexibility index (Phi) is 5.46. The Balaban J connectivity index is 2.29. The normalized spacial score (nSPS) is 10.2. The van der Waals surface area contributed by atoms with Crippen molar-refractivity contribution in [2.75, 3.05) is 13.7 Å². The third-order valence-electron chi connectivity index (χ3n) is 3.03. The van der Waals surface area contributed by atoms with Crippen LogP contribution in [0.4, 0.5) is 0 Å². The molecule has 0 bridgehead atoms. The summed E-state index contributed by atoms with van der Waals surface area (Å²) in [5.74, 6) is 2.82. The third kappa shape index (κ3) is 3.89. The molecule has 0 heterocycles. The van der Waals surface area contributed by atoms with Gasteiger partial charge in [0, 0.05) is 18.2 Å². The van der Waals surface area contributed by atoms with Crippen LogP contribution in [0.3, 0.4) is 0 Å². The van der Waals surface area contributed by atoms with Gasteiger partial charge in [-0.25, -0.2) is 0 Å². The van der Waals surface area contributed by atoms with Crippen molar-refractivity contribution in [2.24, 2.45) is 5.73 Å². The molecule has 0 unspecified atom stereocenters. The first-order chi connectivity index (χ1) is 10.3. The maximum Gasteiger partial charge on any atom is 0.169 e.